The van der Waals surface area contributed by atoms with E-state index in [-0.39, 0.29) is 0 Å². The van der Waals surface area contributed by atoms with Crippen LogP contribution in [0.25, 0.3) is 0 Å². The van der Waals surface area contributed by atoms with Crippen LogP contribution < -0.4 is 5.32 Å². The van der Waals surface area contributed by atoms with Crippen molar-refractivity contribution in [3.8, 4) is 0 Å². The highest BCUT2D eigenvalue weighted by molar-refractivity contribution is 5.27. The van der Waals surface area contributed by atoms with Crippen molar-refractivity contribution in [1.82, 2.24) is 9.55 Å². The van der Waals surface area contributed by atoms with Gasteiger partial charge in [-0.3, -0.25) is 0 Å². The van der Waals surface area contributed by atoms with Crippen LogP contribution in [0.3, 0.4) is 0 Å². The van der Waals surface area contributed by atoms with E-state index in [1.165, 1.54) is 25.7 Å². The lowest BCUT2D eigenvalue weighted by Gasteiger charge is -2.25. The van der Waals surface area contributed by atoms with Gasteiger partial charge >= 0.3 is 0 Å². The van der Waals surface area contributed by atoms with Crippen LogP contribution in [0.2, 0.25) is 0 Å². The van der Waals surface area contributed by atoms with Crippen LogP contribution in [0.1, 0.15) is 38.1 Å². The zero-order valence-electron chi connectivity index (χ0n) is 11.1. The maximum Gasteiger partial charge on any atom is 0.203 e. The number of anilines is 1. The Hall–Kier alpha value is -1.03. The predicted molar refractivity (Wildman–Crippen MR) is 71.7 cm³/mol. The van der Waals surface area contributed by atoms with Crippen molar-refractivity contribution in [3.05, 3.63) is 12.4 Å². The minimum absolute atomic E-state index is 0.691. The van der Waals surface area contributed by atoms with Crippen LogP contribution >= 0.6 is 0 Å². The highest BCUT2D eigenvalue weighted by Gasteiger charge is 2.40. The summed E-state index contributed by atoms with van der Waals surface area (Å²) in [6.07, 6.45) is 10.7. The molecule has 18 heavy (non-hydrogen) atoms. The van der Waals surface area contributed by atoms with E-state index in [1.807, 2.05) is 6.20 Å². The first kappa shape index (κ1) is 12.0. The first-order chi connectivity index (χ1) is 8.88. The average molecular weight is 249 g/mol. The zero-order valence-corrected chi connectivity index (χ0v) is 11.1. The van der Waals surface area contributed by atoms with Gasteiger partial charge in [-0.15, -0.1) is 0 Å². The molecule has 2 aliphatic carbocycles. The molecule has 4 nitrogen and oxygen atoms in total. The number of methoxy groups -OCH3 is 1. The van der Waals surface area contributed by atoms with Crippen molar-refractivity contribution in [2.45, 2.75) is 38.1 Å². The molecule has 2 aliphatic rings. The van der Waals surface area contributed by atoms with Crippen molar-refractivity contribution in [2.24, 2.45) is 11.8 Å². The number of hydrogen-bond acceptors (Lipinski definition) is 3. The summed E-state index contributed by atoms with van der Waals surface area (Å²) in [6.45, 7) is 1.74. The molecule has 0 spiro atoms. The molecule has 2 saturated carbocycles. The van der Waals surface area contributed by atoms with Gasteiger partial charge in [0.05, 0.1) is 0 Å². The third-order valence-corrected chi connectivity index (χ3v) is 4.54. The number of nitrogens with one attached hydrogen (secondary N) is 1. The normalized spacial score (nSPS) is 29.9. The first-order valence-electron chi connectivity index (χ1n) is 7.14. The number of imidazole rings is 1. The third-order valence-electron chi connectivity index (χ3n) is 4.54. The molecule has 100 valence electrons. The average Bonchev–Trinajstić information content (AvgIpc) is 3.09. The Balaban J connectivity index is 1.61. The summed E-state index contributed by atoms with van der Waals surface area (Å²) in [5.74, 6) is 2.91. The van der Waals surface area contributed by atoms with Crippen molar-refractivity contribution < 1.29 is 4.74 Å². The van der Waals surface area contributed by atoms with Gasteiger partial charge in [-0.25, -0.2) is 4.98 Å². The molecule has 3 unspecified atom stereocenters. The van der Waals surface area contributed by atoms with E-state index >= 15 is 0 Å². The number of nitrogens with zero attached hydrogens (tertiary/aromatic N) is 2. The summed E-state index contributed by atoms with van der Waals surface area (Å²) in [6, 6.07) is 0.691. The highest BCUT2D eigenvalue weighted by atomic mass is 16.5. The number of hydrogen-bond donors (Lipinski definition) is 1. The van der Waals surface area contributed by atoms with E-state index in [9.17, 15) is 0 Å². The summed E-state index contributed by atoms with van der Waals surface area (Å²) in [4.78, 5) is 4.45. The first-order valence-corrected chi connectivity index (χ1v) is 7.14. The highest BCUT2D eigenvalue weighted by Crippen LogP contribution is 2.51. The van der Waals surface area contributed by atoms with E-state index in [2.05, 4.69) is 21.1 Å². The minimum atomic E-state index is 0.691. The standard InChI is InChI=1S/C14H23N3O/c1-18-8-2-5-15-14-16-6-7-17(14)13-10-11-3-4-12(13)9-11/h6-7,11-13H,2-5,8-10H2,1H3,(H,15,16). The van der Waals surface area contributed by atoms with Gasteiger partial charge in [0, 0.05) is 38.7 Å². The lowest BCUT2D eigenvalue weighted by atomic mass is 9.95. The molecular weight excluding hydrogens is 226 g/mol. The summed E-state index contributed by atoms with van der Waals surface area (Å²) in [7, 11) is 1.75. The quantitative estimate of drug-likeness (QED) is 0.788. The van der Waals surface area contributed by atoms with Gasteiger partial charge in [-0.05, 0) is 37.5 Å². The van der Waals surface area contributed by atoms with E-state index in [4.69, 9.17) is 4.74 Å². The molecule has 0 amide bonds. The molecular formula is C14H23N3O. The maximum absolute atomic E-state index is 5.06. The number of ether oxygens (including phenoxy) is 1. The third kappa shape index (κ3) is 2.26. The SMILES string of the molecule is COCCCNc1nccn1C1CC2CCC1C2. The molecule has 1 heterocycles. The van der Waals surface area contributed by atoms with Gasteiger partial charge < -0.3 is 14.6 Å². The molecule has 3 atom stereocenters. The number of aromatic nitrogens is 2. The second-order valence-corrected chi connectivity index (χ2v) is 5.67. The number of rotatable bonds is 6. The van der Waals surface area contributed by atoms with Crippen LogP contribution in [0.5, 0.6) is 0 Å². The zero-order chi connectivity index (χ0) is 12.4. The van der Waals surface area contributed by atoms with Crippen LogP contribution in [-0.2, 0) is 4.74 Å². The fourth-order valence-corrected chi connectivity index (χ4v) is 3.69. The van der Waals surface area contributed by atoms with Gasteiger partial charge in [0.2, 0.25) is 5.95 Å². The van der Waals surface area contributed by atoms with Gasteiger partial charge in [0.1, 0.15) is 0 Å². The lowest BCUT2D eigenvalue weighted by Crippen LogP contribution is -2.18. The maximum atomic E-state index is 5.06. The Morgan fingerprint density at radius 2 is 2.39 bits per heavy atom. The molecule has 0 radical (unpaired) electrons. The number of fused-ring (bicyclic) bond motifs is 2. The second kappa shape index (κ2) is 5.31. The van der Waals surface area contributed by atoms with Crippen molar-refractivity contribution in [3.63, 3.8) is 0 Å². The Labute approximate surface area is 109 Å². The summed E-state index contributed by atoms with van der Waals surface area (Å²) >= 11 is 0. The molecule has 2 bridgehead atoms. The Bertz CT molecular complexity index is 390. The summed E-state index contributed by atoms with van der Waals surface area (Å²) in [5.41, 5.74) is 0. The van der Waals surface area contributed by atoms with Crippen LogP contribution in [-0.4, -0.2) is 29.8 Å². The monoisotopic (exact) mass is 249 g/mol. The van der Waals surface area contributed by atoms with Gasteiger partial charge in [0.25, 0.3) is 0 Å². The molecule has 4 heteroatoms. The van der Waals surface area contributed by atoms with Crippen molar-refractivity contribution >= 4 is 5.95 Å². The lowest BCUT2D eigenvalue weighted by molar-refractivity contribution is 0.197. The molecule has 0 saturated heterocycles. The smallest absolute Gasteiger partial charge is 0.203 e. The van der Waals surface area contributed by atoms with Crippen LogP contribution in [0, 0.1) is 11.8 Å². The second-order valence-electron chi connectivity index (χ2n) is 5.67. The van der Waals surface area contributed by atoms with Gasteiger partial charge in [-0.1, -0.05) is 6.42 Å². The molecule has 0 aromatic carbocycles. The van der Waals surface area contributed by atoms with E-state index < -0.39 is 0 Å². The van der Waals surface area contributed by atoms with E-state index in [1.54, 1.807) is 7.11 Å². The molecule has 1 aromatic rings. The van der Waals surface area contributed by atoms with Gasteiger partial charge in [0.15, 0.2) is 0 Å². The summed E-state index contributed by atoms with van der Waals surface area (Å²) < 4.78 is 7.44. The topological polar surface area (TPSA) is 39.1 Å². The fourth-order valence-electron chi connectivity index (χ4n) is 3.69. The van der Waals surface area contributed by atoms with Gasteiger partial charge in [-0.2, -0.15) is 0 Å². The largest absolute Gasteiger partial charge is 0.385 e. The fraction of sp³-hybridized carbons (Fsp3) is 0.786. The van der Waals surface area contributed by atoms with Crippen molar-refractivity contribution in [1.29, 1.82) is 0 Å². The summed E-state index contributed by atoms with van der Waals surface area (Å²) in [5, 5.41) is 3.44. The minimum Gasteiger partial charge on any atom is -0.385 e. The Kier molecular flexibility index (Phi) is 3.55. The molecule has 1 aromatic heterocycles. The molecule has 1 N–H and O–H groups in total. The molecule has 2 fully saturated rings. The molecule has 3 rings (SSSR count). The predicted octanol–water partition coefficient (Wildman–Crippen LogP) is 2.69. The Morgan fingerprint density at radius 1 is 1.44 bits per heavy atom. The van der Waals surface area contributed by atoms with E-state index in [0.717, 1.165) is 37.4 Å². The van der Waals surface area contributed by atoms with Crippen LogP contribution in [0.4, 0.5) is 5.95 Å². The van der Waals surface area contributed by atoms with Crippen molar-refractivity contribution in [2.75, 3.05) is 25.6 Å². The Morgan fingerprint density at radius 3 is 3.11 bits per heavy atom. The molecule has 0 aliphatic heterocycles. The van der Waals surface area contributed by atoms with Crippen LogP contribution in [0.15, 0.2) is 12.4 Å². The van der Waals surface area contributed by atoms with E-state index in [0.29, 0.717) is 6.04 Å².